The van der Waals surface area contributed by atoms with Crippen molar-refractivity contribution in [3.05, 3.63) is 24.3 Å². The summed E-state index contributed by atoms with van der Waals surface area (Å²) in [6.45, 7) is 1.74. The Kier molecular flexibility index (Phi) is 4.12. The molecule has 1 aliphatic rings. The molecule has 0 bridgehead atoms. The summed E-state index contributed by atoms with van der Waals surface area (Å²) < 4.78 is 0. The first-order valence-corrected chi connectivity index (χ1v) is 6.61. The van der Waals surface area contributed by atoms with E-state index in [0.717, 1.165) is 5.69 Å². The van der Waals surface area contributed by atoms with Gasteiger partial charge in [-0.15, -0.1) is 0 Å². The monoisotopic (exact) mass is 276 g/mol. The van der Waals surface area contributed by atoms with Gasteiger partial charge in [-0.05, 0) is 24.3 Å². The zero-order chi connectivity index (χ0) is 14.7. The van der Waals surface area contributed by atoms with E-state index in [0.29, 0.717) is 31.7 Å². The highest BCUT2D eigenvalue weighted by molar-refractivity contribution is 5.94. The number of urea groups is 1. The van der Waals surface area contributed by atoms with Crippen LogP contribution in [0.3, 0.4) is 0 Å². The Balaban J connectivity index is 1.95. The lowest BCUT2D eigenvalue weighted by Crippen LogP contribution is -2.34. The van der Waals surface area contributed by atoms with E-state index in [1.54, 1.807) is 36.0 Å². The van der Waals surface area contributed by atoms with E-state index in [9.17, 15) is 9.59 Å². The first kappa shape index (κ1) is 14.2. The zero-order valence-corrected chi connectivity index (χ0v) is 11.9. The molecular formula is C14H20N4O2. The third-order valence-electron chi connectivity index (χ3n) is 3.39. The first-order valence-electron chi connectivity index (χ1n) is 6.61. The van der Waals surface area contributed by atoms with Crippen LogP contribution in [0.5, 0.6) is 0 Å². The molecule has 1 aromatic carbocycles. The van der Waals surface area contributed by atoms with Gasteiger partial charge in [0.2, 0.25) is 5.91 Å². The molecule has 0 atom stereocenters. The van der Waals surface area contributed by atoms with Crippen molar-refractivity contribution < 1.29 is 9.59 Å². The van der Waals surface area contributed by atoms with Gasteiger partial charge in [-0.25, -0.2) is 4.79 Å². The fraction of sp³-hybridized carbons (Fsp3) is 0.429. The number of hydrogen-bond acceptors (Lipinski definition) is 3. The molecule has 0 unspecified atom stereocenters. The highest BCUT2D eigenvalue weighted by Gasteiger charge is 2.29. The Morgan fingerprint density at radius 3 is 2.50 bits per heavy atom. The predicted octanol–water partition coefficient (Wildman–Crippen LogP) is 0.989. The van der Waals surface area contributed by atoms with Crippen molar-refractivity contribution in [2.24, 2.45) is 0 Å². The number of amides is 3. The third kappa shape index (κ3) is 3.01. The van der Waals surface area contributed by atoms with Gasteiger partial charge < -0.3 is 15.5 Å². The summed E-state index contributed by atoms with van der Waals surface area (Å²) >= 11 is 0. The summed E-state index contributed by atoms with van der Waals surface area (Å²) in [6, 6.07) is 7.17. The summed E-state index contributed by atoms with van der Waals surface area (Å²) in [6.07, 6.45) is 0.355. The van der Waals surface area contributed by atoms with Crippen molar-refractivity contribution in [2.45, 2.75) is 6.42 Å². The van der Waals surface area contributed by atoms with Crippen molar-refractivity contribution in [3.8, 4) is 0 Å². The molecule has 0 radical (unpaired) electrons. The Hall–Kier alpha value is -2.24. The van der Waals surface area contributed by atoms with Gasteiger partial charge in [0.05, 0.1) is 0 Å². The van der Waals surface area contributed by atoms with E-state index in [1.807, 2.05) is 12.1 Å². The number of nitrogen functional groups attached to an aromatic ring is 1. The van der Waals surface area contributed by atoms with Crippen molar-refractivity contribution in [1.82, 2.24) is 9.80 Å². The lowest BCUT2D eigenvalue weighted by atomic mass is 10.2. The maximum absolute atomic E-state index is 12.3. The Morgan fingerprint density at radius 1 is 1.25 bits per heavy atom. The van der Waals surface area contributed by atoms with Crippen LogP contribution in [0.4, 0.5) is 16.2 Å². The van der Waals surface area contributed by atoms with Gasteiger partial charge in [0.25, 0.3) is 0 Å². The van der Waals surface area contributed by atoms with Gasteiger partial charge in [0.1, 0.15) is 0 Å². The minimum absolute atomic E-state index is 0.0312. The van der Waals surface area contributed by atoms with Crippen LogP contribution >= 0.6 is 0 Å². The molecule has 1 aliphatic heterocycles. The van der Waals surface area contributed by atoms with Gasteiger partial charge in [0, 0.05) is 51.5 Å². The highest BCUT2D eigenvalue weighted by atomic mass is 16.2. The van der Waals surface area contributed by atoms with Crippen LogP contribution in [-0.2, 0) is 4.79 Å². The number of carbonyl (C=O) groups is 2. The minimum atomic E-state index is -0.0543. The number of nitrogens with two attached hydrogens (primary N) is 1. The number of nitrogens with zero attached hydrogens (tertiary/aromatic N) is 3. The Labute approximate surface area is 118 Å². The second-order valence-corrected chi connectivity index (χ2v) is 5.05. The molecule has 0 aromatic heterocycles. The minimum Gasteiger partial charge on any atom is -0.399 e. The van der Waals surface area contributed by atoms with Crippen LogP contribution in [0.2, 0.25) is 0 Å². The average Bonchev–Trinajstić information content (AvgIpc) is 2.78. The van der Waals surface area contributed by atoms with E-state index in [4.69, 9.17) is 5.73 Å². The lowest BCUT2D eigenvalue weighted by molar-refractivity contribution is -0.128. The van der Waals surface area contributed by atoms with E-state index < -0.39 is 0 Å². The predicted molar refractivity (Wildman–Crippen MR) is 78.5 cm³/mol. The fourth-order valence-electron chi connectivity index (χ4n) is 2.14. The van der Waals surface area contributed by atoms with Gasteiger partial charge in [-0.1, -0.05) is 0 Å². The summed E-state index contributed by atoms with van der Waals surface area (Å²) in [5.41, 5.74) is 7.15. The number of carbonyl (C=O) groups excluding carboxylic acids is 2. The normalized spacial score (nSPS) is 14.8. The van der Waals surface area contributed by atoms with Gasteiger partial charge in [-0.3, -0.25) is 9.69 Å². The molecule has 0 spiro atoms. The molecule has 2 rings (SSSR count). The largest absolute Gasteiger partial charge is 0.399 e. The molecule has 1 saturated heterocycles. The highest BCUT2D eigenvalue weighted by Crippen LogP contribution is 2.21. The molecule has 6 nitrogen and oxygen atoms in total. The summed E-state index contributed by atoms with van der Waals surface area (Å²) in [4.78, 5) is 28.8. The van der Waals surface area contributed by atoms with Crippen LogP contribution in [0.1, 0.15) is 6.42 Å². The maximum Gasteiger partial charge on any atom is 0.324 e. The molecule has 3 amide bonds. The smallest absolute Gasteiger partial charge is 0.324 e. The quantitative estimate of drug-likeness (QED) is 0.834. The molecule has 20 heavy (non-hydrogen) atoms. The summed E-state index contributed by atoms with van der Waals surface area (Å²) in [5.74, 6) is 0.0312. The van der Waals surface area contributed by atoms with Gasteiger partial charge >= 0.3 is 6.03 Å². The third-order valence-corrected chi connectivity index (χ3v) is 3.39. The molecule has 1 aromatic rings. The number of hydrogen-bond donors (Lipinski definition) is 1. The van der Waals surface area contributed by atoms with Crippen LogP contribution in [0.15, 0.2) is 24.3 Å². The second kappa shape index (κ2) is 5.81. The number of rotatable bonds is 4. The summed E-state index contributed by atoms with van der Waals surface area (Å²) in [7, 11) is 3.43. The molecule has 2 N–H and O–H groups in total. The summed E-state index contributed by atoms with van der Waals surface area (Å²) in [5, 5.41) is 0. The van der Waals surface area contributed by atoms with Gasteiger partial charge in [0.15, 0.2) is 0 Å². The van der Waals surface area contributed by atoms with Crippen molar-refractivity contribution in [1.29, 1.82) is 0 Å². The van der Waals surface area contributed by atoms with E-state index in [1.165, 1.54) is 4.90 Å². The number of benzene rings is 1. The standard InChI is InChI=1S/C14H20N4O2/c1-16(2)13(19)7-8-17-9-10-18(14(17)20)12-5-3-11(15)4-6-12/h3-6H,7-10,15H2,1-2H3. The SMILES string of the molecule is CN(C)C(=O)CCN1CCN(c2ccc(N)cc2)C1=O. The van der Waals surface area contributed by atoms with Crippen LogP contribution < -0.4 is 10.6 Å². The van der Waals surface area contributed by atoms with Crippen molar-refractivity contribution >= 4 is 23.3 Å². The van der Waals surface area contributed by atoms with E-state index in [2.05, 4.69) is 0 Å². The molecule has 6 heteroatoms. The van der Waals surface area contributed by atoms with Crippen molar-refractivity contribution in [3.63, 3.8) is 0 Å². The Bertz CT molecular complexity index is 498. The first-order chi connectivity index (χ1) is 9.49. The fourth-order valence-corrected chi connectivity index (χ4v) is 2.14. The van der Waals surface area contributed by atoms with E-state index >= 15 is 0 Å². The Morgan fingerprint density at radius 2 is 1.90 bits per heavy atom. The second-order valence-electron chi connectivity index (χ2n) is 5.05. The van der Waals surface area contributed by atoms with Crippen LogP contribution in [0.25, 0.3) is 0 Å². The van der Waals surface area contributed by atoms with Crippen LogP contribution in [-0.4, -0.2) is 55.5 Å². The van der Waals surface area contributed by atoms with Gasteiger partial charge in [-0.2, -0.15) is 0 Å². The lowest BCUT2D eigenvalue weighted by Gasteiger charge is -2.19. The molecule has 1 fully saturated rings. The molecular weight excluding hydrogens is 256 g/mol. The molecule has 0 saturated carbocycles. The zero-order valence-electron chi connectivity index (χ0n) is 11.9. The maximum atomic E-state index is 12.3. The number of anilines is 2. The topological polar surface area (TPSA) is 69.9 Å². The van der Waals surface area contributed by atoms with E-state index in [-0.39, 0.29) is 11.9 Å². The van der Waals surface area contributed by atoms with Crippen molar-refractivity contribution in [2.75, 3.05) is 44.4 Å². The molecule has 1 heterocycles. The molecule has 108 valence electrons. The van der Waals surface area contributed by atoms with Crippen LogP contribution in [0, 0.1) is 0 Å². The molecule has 0 aliphatic carbocycles. The average molecular weight is 276 g/mol.